The first-order valence-corrected chi connectivity index (χ1v) is 12.6. The SMILES string of the molecule is CN(C)c1ccc(C(CNS(=O)(=O)CBr)N2CCN(c3ccc(F)cc3)CC2)cc1. The standard InChI is InChI=1S/C21H28BrFN4O2S/c1-25(2)19-7-3-17(4-8-19)21(15-24-30(28,29)16-22)27-13-11-26(12-14-27)20-9-5-18(23)6-10-20/h3-10,21,24H,11-16H2,1-2H3. The lowest BCUT2D eigenvalue weighted by Crippen LogP contribution is -2.50. The van der Waals surface area contributed by atoms with Gasteiger partial charge in [0.2, 0.25) is 10.0 Å². The molecule has 1 aliphatic rings. The van der Waals surface area contributed by atoms with Gasteiger partial charge in [0.15, 0.2) is 0 Å². The van der Waals surface area contributed by atoms with Crippen molar-refractivity contribution in [3.63, 3.8) is 0 Å². The van der Waals surface area contributed by atoms with Gasteiger partial charge >= 0.3 is 0 Å². The van der Waals surface area contributed by atoms with Crippen molar-refractivity contribution in [1.82, 2.24) is 9.62 Å². The third kappa shape index (κ3) is 5.94. The summed E-state index contributed by atoms with van der Waals surface area (Å²) in [6.45, 7) is 3.47. The van der Waals surface area contributed by atoms with Crippen molar-refractivity contribution in [3.8, 4) is 0 Å². The molecule has 0 bridgehead atoms. The van der Waals surface area contributed by atoms with Crippen LogP contribution in [0, 0.1) is 5.82 Å². The van der Waals surface area contributed by atoms with Crippen LogP contribution in [-0.4, -0.2) is 64.8 Å². The van der Waals surface area contributed by atoms with E-state index in [0.29, 0.717) is 6.54 Å². The summed E-state index contributed by atoms with van der Waals surface area (Å²) in [7, 11) is 0.628. The van der Waals surface area contributed by atoms with Gasteiger partial charge in [-0.3, -0.25) is 4.90 Å². The van der Waals surface area contributed by atoms with E-state index in [9.17, 15) is 12.8 Å². The van der Waals surface area contributed by atoms with Crippen LogP contribution in [-0.2, 0) is 10.0 Å². The van der Waals surface area contributed by atoms with Gasteiger partial charge in [-0.25, -0.2) is 17.5 Å². The summed E-state index contributed by atoms with van der Waals surface area (Å²) in [4.78, 5) is 6.57. The first-order chi connectivity index (χ1) is 14.3. The Bertz CT molecular complexity index is 915. The maximum atomic E-state index is 13.2. The van der Waals surface area contributed by atoms with Crippen molar-refractivity contribution in [2.75, 3.05) is 61.3 Å². The highest BCUT2D eigenvalue weighted by Crippen LogP contribution is 2.26. The maximum Gasteiger partial charge on any atom is 0.221 e. The lowest BCUT2D eigenvalue weighted by atomic mass is 10.0. The van der Waals surface area contributed by atoms with Gasteiger partial charge in [0.25, 0.3) is 0 Å². The van der Waals surface area contributed by atoms with Crippen LogP contribution in [0.1, 0.15) is 11.6 Å². The van der Waals surface area contributed by atoms with E-state index in [1.165, 1.54) is 12.1 Å². The molecule has 2 aromatic carbocycles. The molecule has 0 radical (unpaired) electrons. The highest BCUT2D eigenvalue weighted by Gasteiger charge is 2.26. The molecule has 1 atom stereocenters. The molecule has 0 spiro atoms. The number of anilines is 2. The Labute approximate surface area is 186 Å². The Kier molecular flexibility index (Phi) is 7.73. The third-order valence-corrected chi connectivity index (χ3v) is 8.08. The fourth-order valence-corrected chi connectivity index (χ4v) is 4.62. The minimum atomic E-state index is -3.35. The zero-order chi connectivity index (χ0) is 21.7. The largest absolute Gasteiger partial charge is 0.378 e. The van der Waals surface area contributed by atoms with Gasteiger partial charge < -0.3 is 9.80 Å². The molecule has 1 unspecified atom stereocenters. The lowest BCUT2D eigenvalue weighted by molar-refractivity contribution is 0.187. The van der Waals surface area contributed by atoms with Crippen molar-refractivity contribution in [2.45, 2.75) is 6.04 Å². The van der Waals surface area contributed by atoms with Crippen LogP contribution >= 0.6 is 15.9 Å². The minimum Gasteiger partial charge on any atom is -0.378 e. The molecule has 164 valence electrons. The topological polar surface area (TPSA) is 55.9 Å². The summed E-state index contributed by atoms with van der Waals surface area (Å²) < 4.78 is 39.8. The second-order valence-electron chi connectivity index (χ2n) is 7.57. The summed E-state index contributed by atoms with van der Waals surface area (Å²) in [5.74, 6) is -0.238. The third-order valence-electron chi connectivity index (χ3n) is 5.38. The molecule has 1 heterocycles. The van der Waals surface area contributed by atoms with Crippen molar-refractivity contribution < 1.29 is 12.8 Å². The molecular weight excluding hydrogens is 471 g/mol. The van der Waals surface area contributed by atoms with E-state index >= 15 is 0 Å². The molecule has 6 nitrogen and oxygen atoms in total. The molecule has 1 fully saturated rings. The Morgan fingerprint density at radius 1 is 1.03 bits per heavy atom. The summed E-state index contributed by atoms with van der Waals surface area (Å²) in [5, 5.41) is 0. The number of hydrogen-bond donors (Lipinski definition) is 1. The van der Waals surface area contributed by atoms with Crippen LogP contribution in [0.4, 0.5) is 15.8 Å². The minimum absolute atomic E-state index is 0.0644. The van der Waals surface area contributed by atoms with Gasteiger partial charge in [-0.05, 0) is 42.0 Å². The number of nitrogens with one attached hydrogen (secondary N) is 1. The predicted octanol–water partition coefficient (Wildman–Crippen LogP) is 3.03. The summed E-state index contributed by atoms with van der Waals surface area (Å²) in [5.41, 5.74) is 3.18. The molecular formula is C21H28BrFN4O2S. The molecule has 1 N–H and O–H groups in total. The fourth-order valence-electron chi connectivity index (χ4n) is 3.64. The summed E-state index contributed by atoms with van der Waals surface area (Å²) in [6, 6.07) is 14.7. The number of benzene rings is 2. The Morgan fingerprint density at radius 3 is 2.17 bits per heavy atom. The fraction of sp³-hybridized carbons (Fsp3) is 0.429. The monoisotopic (exact) mass is 498 g/mol. The van der Waals surface area contributed by atoms with E-state index in [2.05, 4.69) is 54.7 Å². The molecule has 0 aliphatic carbocycles. The number of rotatable bonds is 8. The van der Waals surface area contributed by atoms with E-state index in [1.807, 2.05) is 19.0 Å². The number of sulfonamides is 1. The van der Waals surface area contributed by atoms with Gasteiger partial charge in [-0.1, -0.05) is 28.1 Å². The molecule has 1 aliphatic heterocycles. The number of hydrogen-bond acceptors (Lipinski definition) is 5. The quantitative estimate of drug-likeness (QED) is 0.566. The van der Waals surface area contributed by atoms with Gasteiger partial charge in [0.05, 0.1) is 0 Å². The molecule has 30 heavy (non-hydrogen) atoms. The number of piperazine rings is 1. The van der Waals surface area contributed by atoms with Crippen LogP contribution in [0.2, 0.25) is 0 Å². The van der Waals surface area contributed by atoms with Gasteiger partial charge in [0.1, 0.15) is 10.5 Å². The van der Waals surface area contributed by atoms with Gasteiger partial charge in [-0.2, -0.15) is 0 Å². The van der Waals surface area contributed by atoms with E-state index < -0.39 is 10.0 Å². The number of halogens is 2. The summed E-state index contributed by atoms with van der Waals surface area (Å²) >= 11 is 3.03. The Balaban J connectivity index is 1.74. The average molecular weight is 499 g/mol. The highest BCUT2D eigenvalue weighted by atomic mass is 79.9. The highest BCUT2D eigenvalue weighted by molar-refractivity contribution is 9.10. The molecule has 9 heteroatoms. The predicted molar refractivity (Wildman–Crippen MR) is 124 cm³/mol. The zero-order valence-electron chi connectivity index (χ0n) is 17.3. The summed E-state index contributed by atoms with van der Waals surface area (Å²) in [6.07, 6.45) is 0. The Hall–Kier alpha value is -1.68. The number of alkyl halides is 1. The van der Waals surface area contributed by atoms with Gasteiger partial charge in [0, 0.05) is 64.2 Å². The second kappa shape index (κ2) is 10.1. The molecule has 0 saturated carbocycles. The zero-order valence-corrected chi connectivity index (χ0v) is 19.7. The van der Waals surface area contributed by atoms with E-state index in [-0.39, 0.29) is 16.5 Å². The normalized spacial score (nSPS) is 16.5. The Morgan fingerprint density at radius 2 is 1.63 bits per heavy atom. The lowest BCUT2D eigenvalue weighted by Gasteiger charge is -2.40. The maximum absolute atomic E-state index is 13.2. The molecule has 2 aromatic rings. The van der Waals surface area contributed by atoms with Crippen LogP contribution in [0.15, 0.2) is 48.5 Å². The molecule has 0 amide bonds. The average Bonchev–Trinajstić information content (AvgIpc) is 2.75. The van der Waals surface area contributed by atoms with Crippen molar-refractivity contribution >= 4 is 37.3 Å². The second-order valence-corrected chi connectivity index (χ2v) is 10.7. The van der Waals surface area contributed by atoms with E-state index in [4.69, 9.17) is 0 Å². The van der Waals surface area contributed by atoms with E-state index in [0.717, 1.165) is 43.1 Å². The molecule has 1 saturated heterocycles. The van der Waals surface area contributed by atoms with Crippen molar-refractivity contribution in [1.29, 1.82) is 0 Å². The molecule has 3 rings (SSSR count). The molecule has 0 aromatic heterocycles. The van der Waals surface area contributed by atoms with Crippen LogP contribution in [0.3, 0.4) is 0 Å². The number of nitrogens with zero attached hydrogens (tertiary/aromatic N) is 3. The van der Waals surface area contributed by atoms with Crippen molar-refractivity contribution in [2.24, 2.45) is 0 Å². The van der Waals surface area contributed by atoms with E-state index in [1.54, 1.807) is 12.1 Å². The first kappa shape index (κ1) is 23.0. The first-order valence-electron chi connectivity index (χ1n) is 9.84. The van der Waals surface area contributed by atoms with Crippen molar-refractivity contribution in [3.05, 3.63) is 59.9 Å². The van der Waals surface area contributed by atoms with Gasteiger partial charge in [-0.15, -0.1) is 0 Å². The smallest absolute Gasteiger partial charge is 0.221 e. The van der Waals surface area contributed by atoms with Crippen LogP contribution < -0.4 is 14.5 Å². The van der Waals surface area contributed by atoms with Crippen LogP contribution in [0.25, 0.3) is 0 Å². The van der Waals surface area contributed by atoms with Crippen LogP contribution in [0.5, 0.6) is 0 Å².